The summed E-state index contributed by atoms with van der Waals surface area (Å²) in [6, 6.07) is 1.52. The van der Waals surface area contributed by atoms with E-state index in [0.717, 1.165) is 0 Å². The van der Waals surface area contributed by atoms with Gasteiger partial charge in [0, 0.05) is 13.1 Å². The van der Waals surface area contributed by atoms with Crippen molar-refractivity contribution in [1.29, 1.82) is 0 Å². The molecule has 0 unspecified atom stereocenters. The minimum Gasteiger partial charge on any atom is -0.493 e. The maximum absolute atomic E-state index is 11.8. The average Bonchev–Trinajstić information content (AvgIpc) is 2.42. The number of ether oxygens (including phenoxy) is 3. The second-order valence-corrected chi connectivity index (χ2v) is 3.75. The van der Waals surface area contributed by atoms with Gasteiger partial charge < -0.3 is 18.6 Å². The lowest BCUT2D eigenvalue weighted by Gasteiger charge is -2.14. The van der Waals surface area contributed by atoms with Crippen LogP contribution in [0.2, 0.25) is 0 Å². The molecule has 1 heterocycles. The van der Waals surface area contributed by atoms with Crippen molar-refractivity contribution in [3.63, 3.8) is 0 Å². The molecule has 0 aliphatic rings. The van der Waals surface area contributed by atoms with Crippen LogP contribution in [0, 0.1) is 0 Å². The van der Waals surface area contributed by atoms with Crippen LogP contribution < -0.4 is 25.6 Å². The van der Waals surface area contributed by atoms with Crippen molar-refractivity contribution in [1.82, 2.24) is 4.57 Å². The number of aromatic nitrogens is 1. The normalized spacial score (nSPS) is 10.5. The predicted molar refractivity (Wildman–Crippen MR) is 67.4 cm³/mol. The lowest BCUT2D eigenvalue weighted by Crippen LogP contribution is -2.23. The van der Waals surface area contributed by atoms with Crippen molar-refractivity contribution in [3.05, 3.63) is 27.0 Å². The predicted octanol–water partition coefficient (Wildman–Crippen LogP) is 0.517. The first-order valence-corrected chi connectivity index (χ1v) is 5.38. The molecule has 0 N–H and O–H groups in total. The van der Waals surface area contributed by atoms with Gasteiger partial charge in [0.15, 0.2) is 11.5 Å². The van der Waals surface area contributed by atoms with Crippen molar-refractivity contribution >= 4 is 10.9 Å². The van der Waals surface area contributed by atoms with Gasteiger partial charge in [-0.2, -0.15) is 0 Å². The Hall–Kier alpha value is -2.44. The third-order valence-electron chi connectivity index (χ3n) is 2.83. The summed E-state index contributed by atoms with van der Waals surface area (Å²) < 4.78 is 21.3. The Morgan fingerprint density at radius 2 is 1.68 bits per heavy atom. The van der Waals surface area contributed by atoms with E-state index < -0.39 is 11.4 Å². The largest absolute Gasteiger partial charge is 0.493 e. The fraction of sp³-hybridized carbons (Fsp3) is 0.333. The van der Waals surface area contributed by atoms with Crippen LogP contribution in [0.3, 0.4) is 0 Å². The van der Waals surface area contributed by atoms with Crippen molar-refractivity contribution in [2.24, 2.45) is 7.05 Å². The molecule has 0 bridgehead atoms. The fourth-order valence-corrected chi connectivity index (χ4v) is 1.90. The summed E-state index contributed by atoms with van der Waals surface area (Å²) >= 11 is 0. The molecule has 7 nitrogen and oxygen atoms in total. The standard InChI is InChI=1S/C12H13NO6/c1-13-6-5-7(16-2)9(17-3)10(18-4)8(6)11(14)19-12(13)15/h5H,1-4H3. The third kappa shape index (κ3) is 1.83. The molecule has 0 aliphatic carbocycles. The van der Waals surface area contributed by atoms with Crippen LogP contribution in [-0.4, -0.2) is 25.9 Å². The summed E-state index contributed by atoms with van der Waals surface area (Å²) in [4.78, 5) is 23.3. The molecule has 0 atom stereocenters. The second kappa shape index (κ2) is 4.68. The van der Waals surface area contributed by atoms with Gasteiger partial charge in [-0.15, -0.1) is 0 Å². The Labute approximate surface area is 107 Å². The second-order valence-electron chi connectivity index (χ2n) is 3.75. The molecule has 2 aromatic rings. The highest BCUT2D eigenvalue weighted by molar-refractivity contribution is 5.89. The lowest BCUT2D eigenvalue weighted by molar-refractivity contribution is 0.325. The molecule has 0 amide bonds. The molecule has 2 rings (SSSR count). The van der Waals surface area contributed by atoms with Gasteiger partial charge in [0.2, 0.25) is 5.75 Å². The smallest absolute Gasteiger partial charge is 0.422 e. The van der Waals surface area contributed by atoms with Gasteiger partial charge in [-0.05, 0) is 0 Å². The summed E-state index contributed by atoms with van der Waals surface area (Å²) in [6.45, 7) is 0. The topological polar surface area (TPSA) is 79.9 Å². The molecule has 1 aromatic carbocycles. The van der Waals surface area contributed by atoms with Crippen molar-refractivity contribution in [2.45, 2.75) is 0 Å². The summed E-state index contributed by atoms with van der Waals surface area (Å²) in [5.41, 5.74) is -0.438. The van der Waals surface area contributed by atoms with Gasteiger partial charge >= 0.3 is 11.4 Å². The highest BCUT2D eigenvalue weighted by Crippen LogP contribution is 2.41. The highest BCUT2D eigenvalue weighted by Gasteiger charge is 2.21. The van der Waals surface area contributed by atoms with Crippen molar-refractivity contribution in [3.8, 4) is 17.2 Å². The maximum Gasteiger partial charge on any atom is 0.422 e. The first kappa shape index (κ1) is 13.0. The molecule has 0 spiro atoms. The molecule has 0 fully saturated rings. The maximum atomic E-state index is 11.8. The highest BCUT2D eigenvalue weighted by atomic mass is 16.5. The van der Waals surface area contributed by atoms with Crippen LogP contribution in [0.1, 0.15) is 0 Å². The molecule has 1 aromatic heterocycles. The number of nitrogens with zero attached hydrogens (tertiary/aromatic N) is 1. The van der Waals surface area contributed by atoms with Gasteiger partial charge in [0.1, 0.15) is 5.39 Å². The van der Waals surface area contributed by atoms with Gasteiger partial charge in [-0.3, -0.25) is 4.57 Å². The van der Waals surface area contributed by atoms with E-state index in [0.29, 0.717) is 11.3 Å². The van der Waals surface area contributed by atoms with Gasteiger partial charge in [0.05, 0.1) is 26.8 Å². The Morgan fingerprint density at radius 3 is 2.21 bits per heavy atom. The Morgan fingerprint density at radius 1 is 1.05 bits per heavy atom. The monoisotopic (exact) mass is 267 g/mol. The van der Waals surface area contributed by atoms with Crippen LogP contribution in [0.25, 0.3) is 10.9 Å². The quantitative estimate of drug-likeness (QED) is 0.806. The van der Waals surface area contributed by atoms with Crippen molar-refractivity contribution < 1.29 is 18.6 Å². The van der Waals surface area contributed by atoms with Crippen LogP contribution in [0.15, 0.2) is 20.1 Å². The van der Waals surface area contributed by atoms with E-state index in [1.165, 1.54) is 39.0 Å². The summed E-state index contributed by atoms with van der Waals surface area (Å²) in [5, 5.41) is 0.127. The number of hydrogen-bond acceptors (Lipinski definition) is 6. The number of benzene rings is 1. The van der Waals surface area contributed by atoms with Crippen molar-refractivity contribution in [2.75, 3.05) is 21.3 Å². The van der Waals surface area contributed by atoms with E-state index in [4.69, 9.17) is 14.2 Å². The molecule has 0 radical (unpaired) electrons. The number of rotatable bonds is 3. The Bertz CT molecular complexity index is 742. The number of hydrogen-bond donors (Lipinski definition) is 0. The average molecular weight is 267 g/mol. The minimum absolute atomic E-state index is 0.127. The van der Waals surface area contributed by atoms with E-state index in [1.807, 2.05) is 0 Å². The SMILES string of the molecule is COc1cc2c(c(OC)c1OC)c(=O)oc(=O)n2C. The zero-order chi connectivity index (χ0) is 14.2. The molecule has 0 saturated heterocycles. The number of aryl methyl sites for hydroxylation is 1. The first-order valence-electron chi connectivity index (χ1n) is 5.38. The third-order valence-corrected chi connectivity index (χ3v) is 2.83. The molecule has 0 aliphatic heterocycles. The minimum atomic E-state index is -0.782. The van der Waals surface area contributed by atoms with E-state index in [-0.39, 0.29) is 16.9 Å². The van der Waals surface area contributed by atoms with E-state index >= 15 is 0 Å². The molecule has 0 saturated carbocycles. The van der Waals surface area contributed by atoms with E-state index in [1.54, 1.807) is 0 Å². The van der Waals surface area contributed by atoms with Crippen LogP contribution >= 0.6 is 0 Å². The fourth-order valence-electron chi connectivity index (χ4n) is 1.90. The van der Waals surface area contributed by atoms with Crippen LogP contribution in [-0.2, 0) is 7.05 Å². The van der Waals surface area contributed by atoms with Gasteiger partial charge in [-0.25, -0.2) is 9.59 Å². The number of methoxy groups -OCH3 is 3. The lowest BCUT2D eigenvalue weighted by atomic mass is 10.2. The summed E-state index contributed by atoms with van der Waals surface area (Å²) in [5.74, 6) is 0.0314. The zero-order valence-electron chi connectivity index (χ0n) is 11.0. The van der Waals surface area contributed by atoms with E-state index in [2.05, 4.69) is 4.42 Å². The van der Waals surface area contributed by atoms with E-state index in [9.17, 15) is 9.59 Å². The molecule has 7 heteroatoms. The molecular formula is C12H13NO6. The summed E-state index contributed by atoms with van der Waals surface area (Å²) in [6.07, 6.45) is 0. The Balaban J connectivity index is 3.10. The van der Waals surface area contributed by atoms with Gasteiger partial charge in [0.25, 0.3) is 0 Å². The first-order chi connectivity index (χ1) is 9.04. The van der Waals surface area contributed by atoms with Gasteiger partial charge in [-0.1, -0.05) is 0 Å². The number of fused-ring (bicyclic) bond motifs is 1. The molecular weight excluding hydrogens is 254 g/mol. The molecule has 102 valence electrons. The zero-order valence-corrected chi connectivity index (χ0v) is 11.0. The Kier molecular flexibility index (Phi) is 3.20. The molecule has 19 heavy (non-hydrogen) atoms. The van der Waals surface area contributed by atoms with Crippen LogP contribution in [0.5, 0.6) is 17.2 Å². The van der Waals surface area contributed by atoms with Crippen LogP contribution in [0.4, 0.5) is 0 Å². The summed E-state index contributed by atoms with van der Waals surface area (Å²) in [7, 11) is 5.75.